The van der Waals surface area contributed by atoms with Gasteiger partial charge in [-0.15, -0.1) is 0 Å². The average molecular weight is 293 g/mol. The number of hydrogen-bond donors (Lipinski definition) is 2. The van der Waals surface area contributed by atoms with E-state index in [2.05, 4.69) is 0 Å². The van der Waals surface area contributed by atoms with E-state index in [1.54, 1.807) is 6.07 Å². The molecular formula is C18H28FNO. The highest BCUT2D eigenvalue weighted by atomic mass is 19.1. The van der Waals surface area contributed by atoms with E-state index in [0.717, 1.165) is 25.7 Å². The van der Waals surface area contributed by atoms with Crippen molar-refractivity contribution in [3.63, 3.8) is 0 Å². The van der Waals surface area contributed by atoms with Gasteiger partial charge in [0.25, 0.3) is 0 Å². The van der Waals surface area contributed by atoms with Gasteiger partial charge >= 0.3 is 0 Å². The highest BCUT2D eigenvalue weighted by molar-refractivity contribution is 5.26. The monoisotopic (exact) mass is 293 g/mol. The predicted octanol–water partition coefficient (Wildman–Crippen LogP) is 4.11. The molecule has 1 unspecified atom stereocenters. The van der Waals surface area contributed by atoms with E-state index in [9.17, 15) is 9.50 Å². The maximum absolute atomic E-state index is 13.6. The summed E-state index contributed by atoms with van der Waals surface area (Å²) in [5.41, 5.74) is 5.44. The molecule has 1 saturated carbocycles. The molecule has 2 nitrogen and oxygen atoms in total. The Bertz CT molecular complexity index is 454. The van der Waals surface area contributed by atoms with Crippen molar-refractivity contribution in [2.45, 2.75) is 63.9 Å². The maximum atomic E-state index is 13.6. The lowest BCUT2D eigenvalue weighted by molar-refractivity contribution is -0.104. The lowest BCUT2D eigenvalue weighted by Gasteiger charge is -2.48. The van der Waals surface area contributed by atoms with Crippen LogP contribution in [-0.4, -0.2) is 11.7 Å². The molecule has 3 heteroatoms. The van der Waals surface area contributed by atoms with E-state index < -0.39 is 5.60 Å². The third kappa shape index (κ3) is 3.14. The Balaban J connectivity index is 2.43. The van der Waals surface area contributed by atoms with E-state index in [1.165, 1.54) is 31.4 Å². The molecule has 0 aliphatic heterocycles. The van der Waals surface area contributed by atoms with Gasteiger partial charge in [0.1, 0.15) is 5.82 Å². The second-order valence-corrected chi connectivity index (χ2v) is 6.48. The molecule has 0 amide bonds. The molecule has 0 saturated heterocycles. The van der Waals surface area contributed by atoms with Crippen LogP contribution in [0.15, 0.2) is 24.3 Å². The van der Waals surface area contributed by atoms with Gasteiger partial charge in [-0.3, -0.25) is 0 Å². The number of halogens is 1. The first-order valence-electron chi connectivity index (χ1n) is 8.26. The lowest BCUT2D eigenvalue weighted by atomic mass is 9.61. The summed E-state index contributed by atoms with van der Waals surface area (Å²) in [7, 11) is 0. The van der Waals surface area contributed by atoms with Gasteiger partial charge in [-0.1, -0.05) is 51.2 Å². The Hall–Kier alpha value is -0.930. The SMILES string of the molecule is CCC(O)(c1cccc(F)c1)C1(CN)CCCCCCC1. The van der Waals surface area contributed by atoms with Gasteiger partial charge in [-0.05, 0) is 37.0 Å². The minimum Gasteiger partial charge on any atom is -0.385 e. The van der Waals surface area contributed by atoms with Crippen LogP contribution in [-0.2, 0) is 5.60 Å². The molecule has 1 aliphatic carbocycles. The zero-order valence-electron chi connectivity index (χ0n) is 13.1. The molecule has 0 heterocycles. The van der Waals surface area contributed by atoms with Crippen LogP contribution >= 0.6 is 0 Å². The maximum Gasteiger partial charge on any atom is 0.123 e. The Labute approximate surface area is 127 Å². The minimum atomic E-state index is -1.04. The molecule has 1 aromatic rings. The molecule has 1 aliphatic rings. The van der Waals surface area contributed by atoms with Gasteiger partial charge in [0.15, 0.2) is 0 Å². The summed E-state index contributed by atoms with van der Waals surface area (Å²) in [6.07, 6.45) is 8.26. The summed E-state index contributed by atoms with van der Waals surface area (Å²) < 4.78 is 13.6. The Morgan fingerprint density at radius 1 is 1.19 bits per heavy atom. The van der Waals surface area contributed by atoms with Crippen molar-refractivity contribution in [3.05, 3.63) is 35.6 Å². The number of rotatable bonds is 4. The van der Waals surface area contributed by atoms with Crippen molar-refractivity contribution in [2.24, 2.45) is 11.1 Å². The molecule has 0 spiro atoms. The molecule has 2 rings (SSSR count). The first kappa shape index (κ1) is 16.4. The van der Waals surface area contributed by atoms with Crippen LogP contribution in [0.1, 0.15) is 63.9 Å². The summed E-state index contributed by atoms with van der Waals surface area (Å²) in [5, 5.41) is 11.5. The lowest BCUT2D eigenvalue weighted by Crippen LogP contribution is -2.50. The fourth-order valence-electron chi connectivity index (χ4n) is 4.00. The zero-order chi connectivity index (χ0) is 15.3. The normalized spacial score (nSPS) is 22.1. The standard InChI is InChI=1S/C18H28FNO/c1-2-18(21,15-9-8-10-16(19)13-15)17(14-20)11-6-4-3-5-7-12-17/h8-10,13,21H,2-7,11-12,14,20H2,1H3. The molecule has 0 aromatic heterocycles. The van der Waals surface area contributed by atoms with E-state index in [-0.39, 0.29) is 11.2 Å². The van der Waals surface area contributed by atoms with Gasteiger partial charge in [0, 0.05) is 12.0 Å². The van der Waals surface area contributed by atoms with E-state index in [1.807, 2.05) is 13.0 Å². The van der Waals surface area contributed by atoms with E-state index in [4.69, 9.17) is 5.73 Å². The smallest absolute Gasteiger partial charge is 0.123 e. The summed E-state index contributed by atoms with van der Waals surface area (Å²) in [5.74, 6) is -0.294. The molecule has 0 radical (unpaired) electrons. The van der Waals surface area contributed by atoms with Crippen LogP contribution in [0, 0.1) is 11.2 Å². The third-order valence-electron chi connectivity index (χ3n) is 5.39. The number of aliphatic hydroxyl groups is 1. The molecule has 118 valence electrons. The van der Waals surface area contributed by atoms with Gasteiger partial charge in [-0.25, -0.2) is 4.39 Å². The van der Waals surface area contributed by atoms with Crippen LogP contribution in [0.4, 0.5) is 4.39 Å². The van der Waals surface area contributed by atoms with Crippen molar-refractivity contribution in [3.8, 4) is 0 Å². The first-order chi connectivity index (χ1) is 10.1. The average Bonchev–Trinajstić information content (AvgIpc) is 2.47. The number of nitrogens with two attached hydrogens (primary N) is 1. The molecule has 21 heavy (non-hydrogen) atoms. The van der Waals surface area contributed by atoms with Gasteiger partial charge in [0.05, 0.1) is 5.60 Å². The molecule has 0 bridgehead atoms. The highest BCUT2D eigenvalue weighted by Crippen LogP contribution is 2.49. The Morgan fingerprint density at radius 3 is 2.33 bits per heavy atom. The predicted molar refractivity (Wildman–Crippen MR) is 84.4 cm³/mol. The van der Waals surface area contributed by atoms with Crippen molar-refractivity contribution < 1.29 is 9.50 Å². The van der Waals surface area contributed by atoms with Gasteiger partial charge < -0.3 is 10.8 Å². The van der Waals surface area contributed by atoms with Gasteiger partial charge in [-0.2, -0.15) is 0 Å². The minimum absolute atomic E-state index is 0.294. The molecule has 1 aromatic carbocycles. The fourth-order valence-corrected chi connectivity index (χ4v) is 4.00. The van der Waals surface area contributed by atoms with Crippen molar-refractivity contribution in [2.75, 3.05) is 6.54 Å². The summed E-state index contributed by atoms with van der Waals surface area (Å²) in [4.78, 5) is 0. The summed E-state index contributed by atoms with van der Waals surface area (Å²) >= 11 is 0. The van der Waals surface area contributed by atoms with Crippen LogP contribution in [0.5, 0.6) is 0 Å². The number of benzene rings is 1. The fraction of sp³-hybridized carbons (Fsp3) is 0.667. The first-order valence-corrected chi connectivity index (χ1v) is 8.26. The van der Waals surface area contributed by atoms with Gasteiger partial charge in [0.2, 0.25) is 0 Å². The molecule has 1 fully saturated rings. The third-order valence-corrected chi connectivity index (χ3v) is 5.39. The van der Waals surface area contributed by atoms with Crippen molar-refractivity contribution in [1.82, 2.24) is 0 Å². The Kier molecular flexibility index (Phi) is 5.39. The van der Waals surface area contributed by atoms with Crippen LogP contribution in [0.2, 0.25) is 0 Å². The van der Waals surface area contributed by atoms with E-state index in [0.29, 0.717) is 18.5 Å². The zero-order valence-corrected chi connectivity index (χ0v) is 13.1. The quantitative estimate of drug-likeness (QED) is 0.877. The largest absolute Gasteiger partial charge is 0.385 e. The second kappa shape index (κ2) is 6.89. The highest BCUT2D eigenvalue weighted by Gasteiger charge is 2.48. The molecule has 1 atom stereocenters. The van der Waals surface area contributed by atoms with Crippen LogP contribution in [0.3, 0.4) is 0 Å². The van der Waals surface area contributed by atoms with Crippen LogP contribution in [0.25, 0.3) is 0 Å². The number of hydrogen-bond acceptors (Lipinski definition) is 2. The summed E-state index contributed by atoms with van der Waals surface area (Å²) in [6, 6.07) is 6.41. The van der Waals surface area contributed by atoms with E-state index >= 15 is 0 Å². The molecule has 3 N–H and O–H groups in total. The van der Waals surface area contributed by atoms with Crippen molar-refractivity contribution in [1.29, 1.82) is 0 Å². The van der Waals surface area contributed by atoms with Crippen LogP contribution < -0.4 is 5.73 Å². The summed E-state index contributed by atoms with van der Waals surface area (Å²) in [6.45, 7) is 2.43. The second-order valence-electron chi connectivity index (χ2n) is 6.48. The Morgan fingerprint density at radius 2 is 1.81 bits per heavy atom. The topological polar surface area (TPSA) is 46.2 Å². The van der Waals surface area contributed by atoms with Crippen molar-refractivity contribution >= 4 is 0 Å². The molecular weight excluding hydrogens is 265 g/mol.